The van der Waals surface area contributed by atoms with Gasteiger partial charge in [-0.25, -0.2) is 0 Å². The molecule has 0 heterocycles. The Labute approximate surface area is 33.4 Å². The van der Waals surface area contributed by atoms with Crippen molar-refractivity contribution in [1.82, 2.24) is 5.32 Å². The number of rotatable bonds is 2. The van der Waals surface area contributed by atoms with E-state index in [2.05, 4.69) is 19.2 Å². The average molecular weight is 76.1 g/mol. The summed E-state index contributed by atoms with van der Waals surface area (Å²) in [5, 5.41) is 3.11. The summed E-state index contributed by atoms with van der Waals surface area (Å²) in [5.41, 5.74) is 0. The van der Waals surface area contributed by atoms with Gasteiger partial charge in [-0.3, -0.25) is 0 Å². The molecule has 0 aromatic heterocycles. The minimum absolute atomic E-state index is 1.09. The van der Waals surface area contributed by atoms with Crippen molar-refractivity contribution in [2.75, 3.05) is 13.1 Å². The zero-order valence-corrected chi connectivity index (χ0v) is 3.91. The van der Waals surface area contributed by atoms with E-state index in [4.69, 9.17) is 0 Å². The lowest BCUT2D eigenvalue weighted by molar-refractivity contribution is 0.762. The third-order valence-electron chi connectivity index (χ3n) is 0.500. The van der Waals surface area contributed by atoms with Crippen LogP contribution in [-0.2, 0) is 0 Å². The zero-order valence-electron chi connectivity index (χ0n) is 3.91. The Morgan fingerprint density at radius 2 is 1.60 bits per heavy atom. The van der Waals surface area contributed by atoms with Crippen molar-refractivity contribution in [2.24, 2.45) is 0 Å². The first-order valence-electron chi connectivity index (χ1n) is 2.12. The molecule has 0 aromatic rings. The predicted molar refractivity (Wildman–Crippen MR) is 24.2 cm³/mol. The third-order valence-corrected chi connectivity index (χ3v) is 0.500. The molecular formula is C4H11N. The van der Waals surface area contributed by atoms with E-state index in [1.165, 1.54) is 0 Å². The lowest BCUT2D eigenvalue weighted by atomic mass is 11.0. The Hall–Kier alpha value is -0.0400. The maximum atomic E-state index is 3.11. The van der Waals surface area contributed by atoms with E-state index in [9.17, 15) is 0 Å². The minimum Gasteiger partial charge on any atom is -0.317 e. The first kappa shape index (κ1) is 4.96. The van der Waals surface area contributed by atoms with Gasteiger partial charge in [0.15, 0.2) is 0 Å². The van der Waals surface area contributed by atoms with Crippen LogP contribution in [0.5, 0.6) is 0 Å². The second kappa shape index (κ2) is 3.96. The van der Waals surface area contributed by atoms with Gasteiger partial charge < -0.3 is 5.32 Å². The molecule has 0 radical (unpaired) electrons. The highest BCUT2D eigenvalue weighted by atomic mass is 15.6. The number of hydrogen-bond donors (Lipinski definition) is 1. The van der Waals surface area contributed by atoms with Gasteiger partial charge >= 0.3 is 0 Å². The molecule has 0 unspecified atom stereocenters. The first-order valence-corrected chi connectivity index (χ1v) is 2.12. The van der Waals surface area contributed by atoms with Crippen molar-refractivity contribution in [3.8, 4) is 0 Å². The van der Waals surface area contributed by atoms with Crippen molar-refractivity contribution < 1.29 is 0 Å². The SMILES string of the molecule is [13CH3]C[15NH]C[13CH3]. The van der Waals surface area contributed by atoms with Gasteiger partial charge in [0.2, 0.25) is 0 Å². The quantitative estimate of drug-likeness (QED) is 0.375. The van der Waals surface area contributed by atoms with Gasteiger partial charge in [0.25, 0.3) is 0 Å². The van der Waals surface area contributed by atoms with Crippen LogP contribution >= 0.6 is 0 Å². The summed E-state index contributed by atoms with van der Waals surface area (Å²) in [7, 11) is 0. The van der Waals surface area contributed by atoms with Crippen molar-refractivity contribution in [2.45, 2.75) is 13.8 Å². The first-order chi connectivity index (χ1) is 2.41. The van der Waals surface area contributed by atoms with E-state index in [1.807, 2.05) is 0 Å². The zero-order chi connectivity index (χ0) is 4.12. The fraction of sp³-hybridized carbons (Fsp3) is 1.00. The molecule has 32 valence electrons. The van der Waals surface area contributed by atoms with Gasteiger partial charge in [-0.1, -0.05) is 13.8 Å². The minimum atomic E-state index is 1.09. The Kier molecular flexibility index (Phi) is 3.93. The van der Waals surface area contributed by atoms with Gasteiger partial charge in [0.1, 0.15) is 0 Å². The highest BCUT2D eigenvalue weighted by molar-refractivity contribution is 4.27. The van der Waals surface area contributed by atoms with Crippen LogP contribution in [0.25, 0.3) is 0 Å². The fourth-order valence-electron chi connectivity index (χ4n) is 0.250. The van der Waals surface area contributed by atoms with E-state index in [-0.39, 0.29) is 0 Å². The second-order valence-corrected chi connectivity index (χ2v) is 0.957. The van der Waals surface area contributed by atoms with E-state index >= 15 is 0 Å². The Morgan fingerprint density at radius 3 is 1.60 bits per heavy atom. The van der Waals surface area contributed by atoms with E-state index in [0.717, 1.165) is 13.1 Å². The molecule has 5 heavy (non-hydrogen) atoms. The van der Waals surface area contributed by atoms with Crippen LogP contribution in [0.15, 0.2) is 0 Å². The molecule has 0 saturated heterocycles. The maximum Gasteiger partial charge on any atom is -0.00775 e. The molecule has 0 rings (SSSR count). The Bertz CT molecular complexity index is 11.1. The lowest BCUT2D eigenvalue weighted by Crippen LogP contribution is -2.09. The van der Waals surface area contributed by atoms with Crippen LogP contribution in [0, 0.1) is 0 Å². The Balaban J connectivity index is 2.19. The number of nitrogens with one attached hydrogen (secondary N) is 1. The molecule has 0 fully saturated rings. The molecule has 0 aliphatic rings. The summed E-state index contributed by atoms with van der Waals surface area (Å²) >= 11 is 0. The maximum absolute atomic E-state index is 3.11. The summed E-state index contributed by atoms with van der Waals surface area (Å²) in [4.78, 5) is 0. The molecule has 0 atom stereocenters. The predicted octanol–water partition coefficient (Wildman–Crippen LogP) is 0.616. The van der Waals surface area contributed by atoms with Gasteiger partial charge in [-0.2, -0.15) is 0 Å². The molecule has 0 bridgehead atoms. The summed E-state index contributed by atoms with van der Waals surface area (Å²) in [6, 6.07) is 0. The molecule has 0 aliphatic heterocycles. The average Bonchev–Trinajstić information content (AvgIpc) is 1.41. The molecule has 0 aromatic carbocycles. The summed E-state index contributed by atoms with van der Waals surface area (Å²) in [6.07, 6.45) is 0. The van der Waals surface area contributed by atoms with E-state index in [1.54, 1.807) is 0 Å². The molecule has 0 spiro atoms. The molecule has 0 amide bonds. The largest absolute Gasteiger partial charge is 0.317 e. The van der Waals surface area contributed by atoms with Crippen molar-refractivity contribution in [3.05, 3.63) is 0 Å². The fourth-order valence-corrected chi connectivity index (χ4v) is 0.250. The van der Waals surface area contributed by atoms with Gasteiger partial charge in [0, 0.05) is 0 Å². The molecule has 1 nitrogen and oxygen atoms in total. The molecule has 0 aliphatic carbocycles. The molecule has 0 saturated carbocycles. The van der Waals surface area contributed by atoms with Gasteiger partial charge in [-0.05, 0) is 13.1 Å². The van der Waals surface area contributed by atoms with Crippen LogP contribution in [0.3, 0.4) is 0 Å². The second-order valence-electron chi connectivity index (χ2n) is 0.957. The molecule has 1 heteroatoms. The smallest absolute Gasteiger partial charge is 0.00775 e. The normalized spacial score (nSPS) is 8.40. The van der Waals surface area contributed by atoms with E-state index < -0.39 is 0 Å². The van der Waals surface area contributed by atoms with Gasteiger partial charge in [0.05, 0.1) is 0 Å². The van der Waals surface area contributed by atoms with Crippen LogP contribution in [-0.4, -0.2) is 13.1 Å². The van der Waals surface area contributed by atoms with Gasteiger partial charge in [-0.15, -0.1) is 0 Å². The van der Waals surface area contributed by atoms with Crippen LogP contribution < -0.4 is 5.32 Å². The third kappa shape index (κ3) is 3.96. The number of hydrogen-bond acceptors (Lipinski definition) is 1. The van der Waals surface area contributed by atoms with Crippen LogP contribution in [0.2, 0.25) is 0 Å². The highest BCUT2D eigenvalue weighted by Gasteiger charge is 1.62. The van der Waals surface area contributed by atoms with Crippen molar-refractivity contribution in [1.29, 1.82) is 0 Å². The summed E-state index contributed by atoms with van der Waals surface area (Å²) in [5.74, 6) is 0. The monoisotopic (exact) mass is 76.1 g/mol. The summed E-state index contributed by atoms with van der Waals surface area (Å²) < 4.78 is 0. The highest BCUT2D eigenvalue weighted by Crippen LogP contribution is 1.47. The van der Waals surface area contributed by atoms with Crippen molar-refractivity contribution >= 4 is 0 Å². The summed E-state index contributed by atoms with van der Waals surface area (Å²) in [6.45, 7) is 6.39. The van der Waals surface area contributed by atoms with Crippen molar-refractivity contribution in [3.63, 3.8) is 0 Å². The van der Waals surface area contributed by atoms with Crippen LogP contribution in [0.1, 0.15) is 13.8 Å². The molecular weight excluding hydrogens is 65.0 g/mol. The van der Waals surface area contributed by atoms with Crippen LogP contribution in [0.4, 0.5) is 0 Å². The topological polar surface area (TPSA) is 12.0 Å². The Morgan fingerprint density at radius 1 is 1.20 bits per heavy atom. The van der Waals surface area contributed by atoms with E-state index in [0.29, 0.717) is 0 Å². The standard InChI is InChI=1S/C4H11N/c1-3-5-4-2/h5H,3-4H2,1-2H3/i1+1,2+1,5+1. The lowest BCUT2D eigenvalue weighted by Gasteiger charge is -1.86. The molecule has 1 N–H and O–H groups in total.